The molecule has 586 valence electrons. The number of rotatable bonds is 61. The number of thiophene rings is 2. The number of aryl methyl sites for hydroxylation is 2. The maximum absolute atomic E-state index is 7.22. The molecule has 0 bridgehead atoms. The topological polar surface area (TPSA) is 70.0 Å². The summed E-state index contributed by atoms with van der Waals surface area (Å²) in [7, 11) is 0. The summed E-state index contributed by atoms with van der Waals surface area (Å²) < 4.78 is 38.6. The Hall–Kier alpha value is -3.96. The van der Waals surface area contributed by atoms with Gasteiger partial charge in [0, 0.05) is 48.0 Å². The van der Waals surface area contributed by atoms with Gasteiger partial charge in [-0.2, -0.15) is 17.5 Å². The highest BCUT2D eigenvalue weighted by molar-refractivity contribution is 7.23. The van der Waals surface area contributed by atoms with E-state index in [1.165, 1.54) is 426 Å². The van der Waals surface area contributed by atoms with E-state index in [0.29, 0.717) is 0 Å². The number of unbranched alkanes of at least 4 members (excludes halogenated alkanes) is 46. The number of aromatic nitrogens is 4. The predicted molar refractivity (Wildman–Crippen MR) is 470 cm³/mol. The fourth-order valence-electron chi connectivity index (χ4n) is 19.0. The van der Waals surface area contributed by atoms with Crippen molar-refractivity contribution in [2.75, 3.05) is 13.2 Å². The van der Waals surface area contributed by atoms with E-state index in [2.05, 4.69) is 91.8 Å². The zero-order chi connectivity index (χ0) is 74.0. The molecule has 2 aliphatic carbocycles. The average molecular weight is 1520 g/mol. The van der Waals surface area contributed by atoms with E-state index < -0.39 is 0 Å². The van der Waals surface area contributed by atoms with E-state index >= 15 is 0 Å². The minimum atomic E-state index is -0.206. The minimum Gasteiger partial charge on any atom is -0.491 e. The van der Waals surface area contributed by atoms with Gasteiger partial charge in [0.15, 0.2) is 0 Å². The van der Waals surface area contributed by atoms with E-state index in [0.717, 1.165) is 72.5 Å². The summed E-state index contributed by atoms with van der Waals surface area (Å²) in [6, 6.07) is 16.0. The number of hydrogen-bond donors (Lipinski definition) is 0. The molecule has 10 rings (SSSR count). The molecule has 0 amide bonds. The van der Waals surface area contributed by atoms with Crippen LogP contribution in [0.2, 0.25) is 0 Å². The second-order valence-corrected chi connectivity index (χ2v) is 36.9. The summed E-state index contributed by atoms with van der Waals surface area (Å²) in [6.07, 6.45) is 73.4. The fourth-order valence-corrected chi connectivity index (χ4v) is 22.3. The first-order valence-corrected chi connectivity index (χ1v) is 48.4. The highest BCUT2D eigenvalue weighted by atomic mass is 32.1. The molecule has 6 nitrogen and oxygen atoms in total. The molecule has 0 saturated carbocycles. The maximum Gasteiger partial charge on any atom is 0.146 e. The van der Waals surface area contributed by atoms with Crippen molar-refractivity contribution >= 4 is 88.4 Å². The fraction of sp³-hybridized carbons (Fsp3) is 0.708. The van der Waals surface area contributed by atoms with Gasteiger partial charge in [-0.25, -0.2) is 0 Å². The molecule has 0 radical (unpaired) electrons. The van der Waals surface area contributed by atoms with Gasteiger partial charge in [0.25, 0.3) is 0 Å². The smallest absolute Gasteiger partial charge is 0.146 e. The maximum atomic E-state index is 7.22. The lowest BCUT2D eigenvalue weighted by Gasteiger charge is -2.35. The minimum absolute atomic E-state index is 0.118. The molecule has 106 heavy (non-hydrogen) atoms. The summed E-state index contributed by atoms with van der Waals surface area (Å²) in [5.74, 6) is 2.11. The van der Waals surface area contributed by atoms with Gasteiger partial charge >= 0.3 is 0 Å². The Kier molecular flexibility index (Phi) is 36.8. The van der Waals surface area contributed by atoms with Crippen LogP contribution in [-0.2, 0) is 10.8 Å². The lowest BCUT2D eigenvalue weighted by Crippen LogP contribution is -2.27. The number of hydrogen-bond acceptors (Lipinski definition) is 10. The Bertz CT molecular complexity index is 3710. The summed E-state index contributed by atoms with van der Waals surface area (Å²) in [4.78, 5) is 2.57. The molecule has 2 aliphatic rings. The van der Waals surface area contributed by atoms with Crippen LogP contribution in [0.1, 0.15) is 434 Å². The first kappa shape index (κ1) is 84.5. The molecular formula is C96H146N4O2S4. The van der Waals surface area contributed by atoms with Gasteiger partial charge in [0.2, 0.25) is 0 Å². The lowest BCUT2D eigenvalue weighted by atomic mass is 9.68. The monoisotopic (exact) mass is 1520 g/mol. The van der Waals surface area contributed by atoms with E-state index in [-0.39, 0.29) is 10.8 Å². The van der Waals surface area contributed by atoms with Crippen molar-refractivity contribution in [2.24, 2.45) is 0 Å². The van der Waals surface area contributed by atoms with Crippen LogP contribution in [0.4, 0.5) is 0 Å². The molecule has 0 unspecified atom stereocenters. The van der Waals surface area contributed by atoms with Crippen LogP contribution in [0.15, 0.2) is 36.4 Å². The Morgan fingerprint density at radius 2 is 0.575 bits per heavy atom. The molecular weight excluding hydrogens is 1370 g/mol. The van der Waals surface area contributed by atoms with Crippen molar-refractivity contribution in [3.63, 3.8) is 0 Å². The van der Waals surface area contributed by atoms with Gasteiger partial charge in [-0.05, 0) is 122 Å². The standard InChI is InChI=1S/C96H146N4O2S4/c1-9-15-21-27-33-37-41-45-49-55-61-95(62-56-50-46-42-38-34-28-22-16-10-2)80-70-76-81(69-75(80)85-82(95)67-73(7)87-89(85)99-105-97-87)96(63-57-51-47-43-39-35-29-23-17-11-3,64-58-52-48-44-40-36-30-24-18-12-4)83-71-77(88-90(86(76)83)100-106-98-88)84-72-79-92(102-66-60-54-32-26-20-14-6)93-78(68-74(8)103-93)91(94(79)104-84)101-65-59-53-31-25-19-13-5/h67-72H,9-66H2,1-8H3. The highest BCUT2D eigenvalue weighted by Crippen LogP contribution is 2.64. The zero-order valence-electron chi connectivity index (χ0n) is 68.7. The van der Waals surface area contributed by atoms with E-state index in [4.69, 9.17) is 27.0 Å². The highest BCUT2D eigenvalue weighted by Gasteiger charge is 2.50. The molecule has 4 aromatic carbocycles. The van der Waals surface area contributed by atoms with Crippen molar-refractivity contribution in [3.8, 4) is 44.2 Å². The summed E-state index contributed by atoms with van der Waals surface area (Å²) in [5, 5.41) is 2.42. The molecule has 0 spiro atoms. The normalized spacial score (nSPS) is 13.5. The number of fused-ring (bicyclic) bond motifs is 12. The van der Waals surface area contributed by atoms with Crippen LogP contribution in [0, 0.1) is 13.8 Å². The van der Waals surface area contributed by atoms with Crippen molar-refractivity contribution in [3.05, 3.63) is 69.1 Å². The van der Waals surface area contributed by atoms with E-state index in [9.17, 15) is 0 Å². The summed E-state index contributed by atoms with van der Waals surface area (Å²) in [6.45, 7) is 20.1. The average Bonchev–Trinajstić information content (AvgIpc) is 1.52. The van der Waals surface area contributed by atoms with E-state index in [1.807, 2.05) is 22.7 Å². The quantitative estimate of drug-likeness (QED) is 0.0354. The molecule has 0 fully saturated rings. The zero-order valence-corrected chi connectivity index (χ0v) is 72.0. The molecule has 0 saturated heterocycles. The number of ether oxygens (including phenoxy) is 2. The number of nitrogens with zero attached hydrogens (tertiary/aromatic N) is 4. The third-order valence-corrected chi connectivity index (χ3v) is 28.4. The third-order valence-electron chi connectivity index (χ3n) is 25.1. The first-order valence-electron chi connectivity index (χ1n) is 45.3. The van der Waals surface area contributed by atoms with Crippen molar-refractivity contribution in [1.82, 2.24) is 17.5 Å². The van der Waals surface area contributed by atoms with Gasteiger partial charge in [0.1, 0.15) is 33.6 Å². The molecule has 8 aromatic rings. The van der Waals surface area contributed by atoms with Gasteiger partial charge in [0.05, 0.1) is 46.1 Å². The van der Waals surface area contributed by atoms with Gasteiger partial charge < -0.3 is 9.47 Å². The SMILES string of the molecule is CCCCCCCCCCCCC1(CCCCCCCCCCCC)c2cc3c(cc2-c2c1cc(C)c1nsnc21)C(CCCCCCCCCCCC)(CCCCCCCCCCCC)c1cc(-c2cc4c(OCCCCCCCC)c5sc(C)cc5c(OCCCCCCCC)c4s2)c2nsnc2c1-3. The predicted octanol–water partition coefficient (Wildman–Crippen LogP) is 33.7. The Morgan fingerprint density at radius 3 is 0.953 bits per heavy atom. The van der Waals surface area contributed by atoms with Gasteiger partial charge in [-0.3, -0.25) is 0 Å². The van der Waals surface area contributed by atoms with Crippen LogP contribution >= 0.6 is 46.1 Å². The van der Waals surface area contributed by atoms with Crippen LogP contribution in [0.3, 0.4) is 0 Å². The van der Waals surface area contributed by atoms with Gasteiger partial charge in [-0.1, -0.05) is 369 Å². The van der Waals surface area contributed by atoms with Gasteiger partial charge in [-0.15, -0.1) is 22.7 Å². The summed E-state index contributed by atoms with van der Waals surface area (Å²) in [5.41, 5.74) is 18.7. The largest absolute Gasteiger partial charge is 0.491 e. The van der Waals surface area contributed by atoms with Crippen LogP contribution in [-0.4, -0.2) is 30.7 Å². The lowest BCUT2D eigenvalue weighted by molar-refractivity contribution is 0.307. The van der Waals surface area contributed by atoms with Crippen molar-refractivity contribution < 1.29 is 9.47 Å². The summed E-state index contributed by atoms with van der Waals surface area (Å²) >= 11 is 6.69. The second-order valence-electron chi connectivity index (χ2n) is 33.6. The molecule has 10 heteroatoms. The van der Waals surface area contributed by atoms with Crippen molar-refractivity contribution in [1.29, 1.82) is 0 Å². The number of benzene rings is 4. The van der Waals surface area contributed by atoms with Crippen LogP contribution in [0.25, 0.3) is 74.9 Å². The molecule has 4 aromatic heterocycles. The Morgan fingerprint density at radius 1 is 0.283 bits per heavy atom. The Labute approximate surface area is 662 Å². The van der Waals surface area contributed by atoms with Crippen molar-refractivity contribution in [2.45, 2.75) is 426 Å². The molecule has 0 atom stereocenters. The molecule has 4 heterocycles. The van der Waals surface area contributed by atoms with Crippen LogP contribution in [0.5, 0.6) is 11.5 Å². The van der Waals surface area contributed by atoms with E-state index in [1.54, 1.807) is 16.7 Å². The third kappa shape index (κ3) is 22.2. The molecule has 0 N–H and O–H groups in total. The Balaban J connectivity index is 1.12. The molecule has 0 aliphatic heterocycles. The first-order chi connectivity index (χ1) is 52.3. The van der Waals surface area contributed by atoms with Crippen LogP contribution < -0.4 is 9.47 Å². The second kappa shape index (κ2) is 46.1.